The number of hydrogen-bond acceptors (Lipinski definition) is 2. The zero-order chi connectivity index (χ0) is 18.7. The number of ketones is 2. The van der Waals surface area contributed by atoms with Gasteiger partial charge in [-0.15, -0.1) is 0 Å². The Morgan fingerprint density at radius 2 is 1.50 bits per heavy atom. The average Bonchev–Trinajstić information content (AvgIpc) is 2.62. The van der Waals surface area contributed by atoms with Gasteiger partial charge in [-0.05, 0) is 65.8 Å². The number of carbonyl (C=O) groups excluding carboxylic acids is 2. The molecule has 136 valence electrons. The summed E-state index contributed by atoms with van der Waals surface area (Å²) in [6.07, 6.45) is 4.79. The van der Waals surface area contributed by atoms with Gasteiger partial charge in [-0.1, -0.05) is 50.9 Å². The maximum atomic E-state index is 11.7. The fourth-order valence-corrected chi connectivity index (χ4v) is 4.58. The van der Waals surface area contributed by atoms with Gasteiger partial charge in [0, 0.05) is 34.1 Å². The molecule has 2 nitrogen and oxygen atoms in total. The average molecular weight is 478 g/mol. The summed E-state index contributed by atoms with van der Waals surface area (Å²) in [5.41, 5.74) is 5.11. The third-order valence-electron chi connectivity index (χ3n) is 5.15. The first kappa shape index (κ1) is 19.5. The molecule has 2 aliphatic rings. The molecular weight excluding hydrogens is 456 g/mol. The molecule has 26 heavy (non-hydrogen) atoms. The standard InChI is InChI=1S/C12H13BrO.C10H9BrO/c1-2-10-11-5-4-9(13)7-8(11)3-6-12(10)14;11-9-3-1-8-6-10(12)4-2-7(8)5-9/h4-5,7,10H,2-3,6H2,1H3;1,3,5H,2,4,6H2. The topological polar surface area (TPSA) is 34.1 Å². The lowest BCUT2D eigenvalue weighted by atomic mass is 9.80. The second-order valence-corrected chi connectivity index (χ2v) is 8.73. The van der Waals surface area contributed by atoms with Gasteiger partial charge in [0.25, 0.3) is 0 Å². The lowest BCUT2D eigenvalue weighted by Gasteiger charge is -2.23. The van der Waals surface area contributed by atoms with E-state index in [1.807, 2.05) is 18.2 Å². The van der Waals surface area contributed by atoms with E-state index in [9.17, 15) is 9.59 Å². The number of fused-ring (bicyclic) bond motifs is 2. The molecule has 0 N–H and O–H groups in total. The quantitative estimate of drug-likeness (QED) is 0.507. The Hall–Kier alpha value is -1.26. The van der Waals surface area contributed by atoms with Crippen LogP contribution < -0.4 is 0 Å². The Morgan fingerprint density at radius 3 is 2.23 bits per heavy atom. The molecule has 0 saturated heterocycles. The summed E-state index contributed by atoms with van der Waals surface area (Å²) >= 11 is 6.88. The highest BCUT2D eigenvalue weighted by atomic mass is 79.9. The van der Waals surface area contributed by atoms with E-state index in [1.54, 1.807) is 0 Å². The molecular formula is C22H22Br2O2. The number of carbonyl (C=O) groups is 2. The first-order chi connectivity index (χ1) is 12.5. The Balaban J connectivity index is 0.000000152. The van der Waals surface area contributed by atoms with Crippen LogP contribution in [0.5, 0.6) is 0 Å². The zero-order valence-corrected chi connectivity index (χ0v) is 18.0. The van der Waals surface area contributed by atoms with Gasteiger partial charge in [0.2, 0.25) is 0 Å². The van der Waals surface area contributed by atoms with Crippen LogP contribution in [0.1, 0.15) is 54.4 Å². The van der Waals surface area contributed by atoms with E-state index in [1.165, 1.54) is 22.3 Å². The van der Waals surface area contributed by atoms with Gasteiger partial charge < -0.3 is 0 Å². The molecule has 0 aliphatic heterocycles. The summed E-state index contributed by atoms with van der Waals surface area (Å²) in [5.74, 6) is 0.916. The third kappa shape index (κ3) is 4.52. The van der Waals surface area contributed by atoms with E-state index in [2.05, 4.69) is 57.0 Å². The van der Waals surface area contributed by atoms with Crippen molar-refractivity contribution in [3.05, 3.63) is 67.6 Å². The molecule has 0 spiro atoms. The van der Waals surface area contributed by atoms with Crippen LogP contribution in [0.2, 0.25) is 0 Å². The maximum Gasteiger partial charge on any atom is 0.140 e. The van der Waals surface area contributed by atoms with Gasteiger partial charge in [0.05, 0.1) is 0 Å². The van der Waals surface area contributed by atoms with E-state index in [4.69, 9.17) is 0 Å². The fraction of sp³-hybridized carbons (Fsp3) is 0.364. The number of hydrogen-bond donors (Lipinski definition) is 0. The smallest absolute Gasteiger partial charge is 0.140 e. The highest BCUT2D eigenvalue weighted by Gasteiger charge is 2.25. The highest BCUT2D eigenvalue weighted by molar-refractivity contribution is 9.10. The Kier molecular flexibility index (Phi) is 6.46. The summed E-state index contributed by atoms with van der Waals surface area (Å²) in [4.78, 5) is 22.8. The monoisotopic (exact) mass is 476 g/mol. The molecule has 0 fully saturated rings. The molecule has 0 bridgehead atoms. The number of Topliss-reactive ketones (excluding diaryl/α,β-unsaturated/α-hetero) is 2. The van der Waals surface area contributed by atoms with Crippen LogP contribution in [-0.4, -0.2) is 11.6 Å². The normalized spacial score (nSPS) is 18.5. The molecule has 0 saturated carbocycles. The molecule has 2 aliphatic carbocycles. The Labute approximate surface area is 171 Å². The minimum absolute atomic E-state index is 0.145. The summed E-state index contributed by atoms with van der Waals surface area (Å²) in [6.45, 7) is 2.08. The largest absolute Gasteiger partial charge is 0.299 e. The van der Waals surface area contributed by atoms with Crippen molar-refractivity contribution in [2.45, 2.75) is 51.4 Å². The van der Waals surface area contributed by atoms with Gasteiger partial charge in [-0.2, -0.15) is 0 Å². The van der Waals surface area contributed by atoms with Crippen LogP contribution in [0, 0.1) is 0 Å². The SMILES string of the molecule is CCC1C(=O)CCc2cc(Br)ccc21.O=C1CCc2cc(Br)ccc2C1. The van der Waals surface area contributed by atoms with E-state index in [0.717, 1.165) is 28.2 Å². The summed E-state index contributed by atoms with van der Waals surface area (Å²) in [6, 6.07) is 12.4. The maximum absolute atomic E-state index is 11.7. The van der Waals surface area contributed by atoms with Crippen molar-refractivity contribution in [1.82, 2.24) is 0 Å². The predicted octanol–water partition coefficient (Wildman–Crippen LogP) is 5.96. The summed E-state index contributed by atoms with van der Waals surface area (Å²) < 4.78 is 2.22. The number of rotatable bonds is 1. The molecule has 2 aromatic carbocycles. The first-order valence-electron chi connectivity index (χ1n) is 9.08. The van der Waals surface area contributed by atoms with Gasteiger partial charge in [0.1, 0.15) is 11.6 Å². The first-order valence-corrected chi connectivity index (χ1v) is 10.7. The van der Waals surface area contributed by atoms with Crippen LogP contribution >= 0.6 is 31.9 Å². The van der Waals surface area contributed by atoms with Crippen LogP contribution in [-0.2, 0) is 28.9 Å². The van der Waals surface area contributed by atoms with E-state index < -0.39 is 0 Å². The van der Waals surface area contributed by atoms with Crippen LogP contribution in [0.3, 0.4) is 0 Å². The van der Waals surface area contributed by atoms with E-state index in [0.29, 0.717) is 30.8 Å². The van der Waals surface area contributed by atoms with Gasteiger partial charge in [-0.3, -0.25) is 9.59 Å². The fourth-order valence-electron chi connectivity index (χ4n) is 3.76. The molecule has 1 unspecified atom stereocenters. The predicted molar refractivity (Wildman–Crippen MR) is 112 cm³/mol. The van der Waals surface area contributed by atoms with E-state index >= 15 is 0 Å². The lowest BCUT2D eigenvalue weighted by Crippen LogP contribution is -2.19. The molecule has 0 aromatic heterocycles. The highest BCUT2D eigenvalue weighted by Crippen LogP contribution is 2.32. The van der Waals surface area contributed by atoms with Gasteiger partial charge >= 0.3 is 0 Å². The summed E-state index contributed by atoms with van der Waals surface area (Å²) in [5, 5.41) is 0. The van der Waals surface area contributed by atoms with E-state index in [-0.39, 0.29) is 5.92 Å². The molecule has 2 aromatic rings. The molecule has 0 radical (unpaired) electrons. The van der Waals surface area contributed by atoms with Crippen molar-refractivity contribution >= 4 is 43.4 Å². The second-order valence-electron chi connectivity index (χ2n) is 6.90. The molecule has 4 heteroatoms. The molecule has 0 heterocycles. The summed E-state index contributed by atoms with van der Waals surface area (Å²) in [7, 11) is 0. The van der Waals surface area contributed by atoms with Crippen LogP contribution in [0.25, 0.3) is 0 Å². The van der Waals surface area contributed by atoms with Crippen molar-refractivity contribution in [2.24, 2.45) is 0 Å². The van der Waals surface area contributed by atoms with Gasteiger partial charge in [-0.25, -0.2) is 0 Å². The van der Waals surface area contributed by atoms with Gasteiger partial charge in [0.15, 0.2) is 0 Å². The zero-order valence-electron chi connectivity index (χ0n) is 14.9. The number of aryl methyl sites for hydroxylation is 2. The molecule has 0 amide bonds. The molecule has 1 atom stereocenters. The third-order valence-corrected chi connectivity index (χ3v) is 6.13. The van der Waals surface area contributed by atoms with Crippen molar-refractivity contribution in [3.63, 3.8) is 0 Å². The van der Waals surface area contributed by atoms with Crippen LogP contribution in [0.4, 0.5) is 0 Å². The molecule has 4 rings (SSSR count). The van der Waals surface area contributed by atoms with Crippen molar-refractivity contribution < 1.29 is 9.59 Å². The van der Waals surface area contributed by atoms with Crippen molar-refractivity contribution in [1.29, 1.82) is 0 Å². The lowest BCUT2D eigenvalue weighted by molar-refractivity contribution is -0.121. The van der Waals surface area contributed by atoms with Crippen molar-refractivity contribution in [3.8, 4) is 0 Å². The minimum Gasteiger partial charge on any atom is -0.299 e. The number of benzene rings is 2. The van der Waals surface area contributed by atoms with Crippen molar-refractivity contribution in [2.75, 3.05) is 0 Å². The second kappa shape index (κ2) is 8.62. The Morgan fingerprint density at radius 1 is 0.846 bits per heavy atom. The minimum atomic E-state index is 0.145. The Bertz CT molecular complexity index is 842. The van der Waals surface area contributed by atoms with Crippen LogP contribution in [0.15, 0.2) is 45.3 Å². The number of halogens is 2.